The highest BCUT2D eigenvalue weighted by Crippen LogP contribution is 2.27. The first-order valence-corrected chi connectivity index (χ1v) is 7.49. The number of methoxy groups -OCH3 is 1. The minimum absolute atomic E-state index is 0.0370. The molecule has 0 radical (unpaired) electrons. The Morgan fingerprint density at radius 3 is 2.50 bits per heavy atom. The van der Waals surface area contributed by atoms with Crippen LogP contribution in [0.25, 0.3) is 0 Å². The molecule has 20 heavy (non-hydrogen) atoms. The lowest BCUT2D eigenvalue weighted by Gasteiger charge is -2.47. The number of carbonyl (C=O) groups excluding carboxylic acids is 2. The fraction of sp³-hybridized carbons (Fsp3) is 0.867. The SMILES string of the molecule is CCC1(C)C(=O)NC(C(C)C)C(=O)N1CCCCOC. The zero-order valence-electron chi connectivity index (χ0n) is 13.4. The van der Waals surface area contributed by atoms with Gasteiger partial charge < -0.3 is 15.0 Å². The van der Waals surface area contributed by atoms with Crippen LogP contribution in [0.5, 0.6) is 0 Å². The maximum absolute atomic E-state index is 12.6. The molecule has 1 saturated heterocycles. The standard InChI is InChI=1S/C15H28N2O3/c1-6-15(4)14(19)16-12(11(2)3)13(18)17(15)9-7-8-10-20-5/h11-12H,6-10H2,1-5H3,(H,16,19). The molecule has 0 aliphatic carbocycles. The molecule has 5 heteroatoms. The monoisotopic (exact) mass is 284 g/mol. The molecule has 2 unspecified atom stereocenters. The molecule has 0 bridgehead atoms. The van der Waals surface area contributed by atoms with Crippen LogP contribution in [0.15, 0.2) is 0 Å². The molecule has 0 aromatic rings. The van der Waals surface area contributed by atoms with Gasteiger partial charge in [0.15, 0.2) is 0 Å². The van der Waals surface area contributed by atoms with Gasteiger partial charge in [0.05, 0.1) is 0 Å². The van der Waals surface area contributed by atoms with E-state index in [2.05, 4.69) is 5.32 Å². The Balaban J connectivity index is 2.85. The van der Waals surface area contributed by atoms with Gasteiger partial charge in [-0.25, -0.2) is 0 Å². The van der Waals surface area contributed by atoms with Crippen molar-refractivity contribution >= 4 is 11.8 Å². The Hall–Kier alpha value is -1.10. The number of unbranched alkanes of at least 4 members (excludes halogenated alkanes) is 1. The van der Waals surface area contributed by atoms with E-state index >= 15 is 0 Å². The molecule has 2 atom stereocenters. The summed E-state index contributed by atoms with van der Waals surface area (Å²) >= 11 is 0. The summed E-state index contributed by atoms with van der Waals surface area (Å²) in [4.78, 5) is 26.8. The van der Waals surface area contributed by atoms with Crippen LogP contribution in [0.4, 0.5) is 0 Å². The molecule has 0 spiro atoms. The van der Waals surface area contributed by atoms with E-state index in [0.717, 1.165) is 12.8 Å². The summed E-state index contributed by atoms with van der Waals surface area (Å²) < 4.78 is 5.03. The normalized spacial score (nSPS) is 27.1. The molecule has 116 valence electrons. The third kappa shape index (κ3) is 3.32. The Labute approximate surface area is 122 Å². The second-order valence-electron chi connectivity index (χ2n) is 6.01. The molecule has 5 nitrogen and oxygen atoms in total. The zero-order valence-corrected chi connectivity index (χ0v) is 13.4. The molecule has 0 aromatic carbocycles. The average Bonchev–Trinajstić information content (AvgIpc) is 2.41. The van der Waals surface area contributed by atoms with Gasteiger partial charge in [0, 0.05) is 20.3 Å². The van der Waals surface area contributed by atoms with Crippen molar-refractivity contribution in [3.63, 3.8) is 0 Å². The van der Waals surface area contributed by atoms with Gasteiger partial charge in [0.1, 0.15) is 11.6 Å². The summed E-state index contributed by atoms with van der Waals surface area (Å²) in [6.07, 6.45) is 2.38. The van der Waals surface area contributed by atoms with Gasteiger partial charge >= 0.3 is 0 Å². The van der Waals surface area contributed by atoms with Gasteiger partial charge in [0.2, 0.25) is 11.8 Å². The third-order valence-corrected chi connectivity index (χ3v) is 4.24. The third-order valence-electron chi connectivity index (χ3n) is 4.24. The molecule has 1 aliphatic rings. The van der Waals surface area contributed by atoms with Crippen molar-refractivity contribution in [1.29, 1.82) is 0 Å². The molecule has 2 amide bonds. The maximum atomic E-state index is 12.6. The van der Waals surface area contributed by atoms with Crippen LogP contribution in [-0.2, 0) is 14.3 Å². The molecular formula is C15H28N2O3. The molecule has 1 aliphatic heterocycles. The minimum atomic E-state index is -0.727. The predicted molar refractivity (Wildman–Crippen MR) is 78.3 cm³/mol. The Morgan fingerprint density at radius 1 is 1.35 bits per heavy atom. The first kappa shape index (κ1) is 17.0. The highest BCUT2D eigenvalue weighted by atomic mass is 16.5. The first-order chi connectivity index (χ1) is 9.38. The van der Waals surface area contributed by atoms with E-state index < -0.39 is 11.6 Å². The van der Waals surface area contributed by atoms with Crippen molar-refractivity contribution < 1.29 is 14.3 Å². The van der Waals surface area contributed by atoms with Gasteiger partial charge in [-0.15, -0.1) is 0 Å². The topological polar surface area (TPSA) is 58.6 Å². The van der Waals surface area contributed by atoms with E-state index in [0.29, 0.717) is 19.6 Å². The van der Waals surface area contributed by atoms with Crippen molar-refractivity contribution in [2.24, 2.45) is 5.92 Å². The smallest absolute Gasteiger partial charge is 0.246 e. The summed E-state index contributed by atoms with van der Waals surface area (Å²) in [7, 11) is 1.67. The number of nitrogens with one attached hydrogen (secondary N) is 1. The van der Waals surface area contributed by atoms with Crippen molar-refractivity contribution in [2.45, 2.75) is 58.5 Å². The number of rotatable bonds is 7. The average molecular weight is 284 g/mol. The van der Waals surface area contributed by atoms with Crippen LogP contribution in [-0.4, -0.2) is 48.6 Å². The molecule has 0 aromatic heterocycles. The summed E-state index contributed by atoms with van der Waals surface area (Å²) in [5.74, 6) is 0.112. The largest absolute Gasteiger partial charge is 0.385 e. The summed E-state index contributed by atoms with van der Waals surface area (Å²) in [6, 6.07) is -0.399. The summed E-state index contributed by atoms with van der Waals surface area (Å²) in [6.45, 7) is 9.02. The lowest BCUT2D eigenvalue weighted by molar-refractivity contribution is -0.158. The van der Waals surface area contributed by atoms with Crippen molar-refractivity contribution in [1.82, 2.24) is 10.2 Å². The van der Waals surface area contributed by atoms with Crippen LogP contribution in [0.2, 0.25) is 0 Å². The van der Waals surface area contributed by atoms with Crippen LogP contribution < -0.4 is 5.32 Å². The van der Waals surface area contributed by atoms with Crippen LogP contribution >= 0.6 is 0 Å². The van der Waals surface area contributed by atoms with Gasteiger partial charge in [-0.05, 0) is 32.1 Å². The van der Waals surface area contributed by atoms with Crippen LogP contribution in [0.1, 0.15) is 47.0 Å². The van der Waals surface area contributed by atoms with Crippen LogP contribution in [0, 0.1) is 5.92 Å². The van der Waals surface area contributed by atoms with Crippen molar-refractivity contribution in [3.8, 4) is 0 Å². The Bertz CT molecular complexity index is 357. The van der Waals surface area contributed by atoms with Gasteiger partial charge in [0.25, 0.3) is 0 Å². The summed E-state index contributed by atoms with van der Waals surface area (Å²) in [5, 5.41) is 2.88. The maximum Gasteiger partial charge on any atom is 0.246 e. The molecule has 1 heterocycles. The highest BCUT2D eigenvalue weighted by Gasteiger charge is 2.48. The fourth-order valence-corrected chi connectivity index (χ4v) is 2.57. The van der Waals surface area contributed by atoms with Gasteiger partial charge in [-0.2, -0.15) is 0 Å². The number of hydrogen-bond acceptors (Lipinski definition) is 3. The van der Waals surface area contributed by atoms with E-state index in [4.69, 9.17) is 4.74 Å². The summed E-state index contributed by atoms with van der Waals surface area (Å²) in [5.41, 5.74) is -0.727. The lowest BCUT2D eigenvalue weighted by Crippen LogP contribution is -2.70. The molecule has 1 fully saturated rings. The quantitative estimate of drug-likeness (QED) is 0.722. The highest BCUT2D eigenvalue weighted by molar-refractivity contribution is 5.99. The zero-order chi connectivity index (χ0) is 15.3. The van der Waals surface area contributed by atoms with Crippen LogP contribution in [0.3, 0.4) is 0 Å². The van der Waals surface area contributed by atoms with Gasteiger partial charge in [-0.3, -0.25) is 9.59 Å². The van der Waals surface area contributed by atoms with Gasteiger partial charge in [-0.1, -0.05) is 20.8 Å². The number of hydrogen-bond donors (Lipinski definition) is 1. The predicted octanol–water partition coefficient (Wildman–Crippen LogP) is 1.56. The van der Waals surface area contributed by atoms with Crippen molar-refractivity contribution in [3.05, 3.63) is 0 Å². The fourth-order valence-electron chi connectivity index (χ4n) is 2.57. The second kappa shape index (κ2) is 7.07. The lowest BCUT2D eigenvalue weighted by atomic mass is 9.87. The van der Waals surface area contributed by atoms with E-state index in [1.54, 1.807) is 12.0 Å². The Morgan fingerprint density at radius 2 is 2.00 bits per heavy atom. The van der Waals surface area contributed by atoms with E-state index in [-0.39, 0.29) is 17.7 Å². The molecule has 0 saturated carbocycles. The van der Waals surface area contributed by atoms with E-state index in [9.17, 15) is 9.59 Å². The minimum Gasteiger partial charge on any atom is -0.385 e. The molecular weight excluding hydrogens is 256 g/mol. The number of ether oxygens (including phenoxy) is 1. The van der Waals surface area contributed by atoms with E-state index in [1.165, 1.54) is 0 Å². The van der Waals surface area contributed by atoms with Crippen molar-refractivity contribution in [2.75, 3.05) is 20.3 Å². The number of amides is 2. The molecule has 1 N–H and O–H groups in total. The number of carbonyl (C=O) groups is 2. The first-order valence-electron chi connectivity index (χ1n) is 7.49. The number of piperazine rings is 1. The Kier molecular flexibility index (Phi) is 5.99. The number of nitrogens with zero attached hydrogens (tertiary/aromatic N) is 1. The molecule has 1 rings (SSSR count). The van der Waals surface area contributed by atoms with E-state index in [1.807, 2.05) is 27.7 Å². The second-order valence-corrected chi connectivity index (χ2v) is 6.01.